The summed E-state index contributed by atoms with van der Waals surface area (Å²) in [5.41, 5.74) is 8.92. The number of fused-ring (bicyclic) bond motifs is 9. The fraction of sp³-hybridized carbons (Fsp3) is 0. The van der Waals surface area contributed by atoms with E-state index in [1.165, 1.54) is 69.7 Å². The molecule has 0 atom stereocenters. The molecule has 0 unspecified atom stereocenters. The van der Waals surface area contributed by atoms with Crippen molar-refractivity contribution in [2.24, 2.45) is 0 Å². The lowest BCUT2D eigenvalue weighted by Crippen LogP contribution is -2.74. The van der Waals surface area contributed by atoms with Crippen molar-refractivity contribution in [1.82, 2.24) is 9.13 Å². The molecule has 4 heteroatoms. The van der Waals surface area contributed by atoms with Crippen LogP contribution in [0.3, 0.4) is 0 Å². The molecule has 9 aromatic carbocycles. The first kappa shape index (κ1) is 32.8. The maximum Gasteiger partial charge on any atom is 0.180 e. The highest BCUT2D eigenvalue weighted by molar-refractivity contribution is 7.21. The summed E-state index contributed by atoms with van der Waals surface area (Å²) < 4.78 is 11.4. The van der Waals surface area contributed by atoms with Gasteiger partial charge in [-0.25, -0.2) is 0 Å². The number of para-hydroxylation sites is 4. The SMILES string of the molecule is c1ccc(-n2c3ccccc3c3cc(-n4c5ccccc5c5cc([Si](c6ccccc6)(c6ccccc6)c6cccc7oc8ccccc8c67)ccc54)ccc32)cc1. The van der Waals surface area contributed by atoms with E-state index in [0.29, 0.717) is 0 Å². The summed E-state index contributed by atoms with van der Waals surface area (Å²) in [5.74, 6) is 0. The topological polar surface area (TPSA) is 23.0 Å². The van der Waals surface area contributed by atoms with Gasteiger partial charge in [-0.05, 0) is 81.4 Å². The molecule has 272 valence electrons. The predicted molar refractivity (Wildman–Crippen MR) is 246 cm³/mol. The van der Waals surface area contributed by atoms with Crippen LogP contribution in [-0.4, -0.2) is 17.2 Å². The number of hydrogen-bond acceptors (Lipinski definition) is 1. The number of furan rings is 1. The largest absolute Gasteiger partial charge is 0.456 e. The van der Waals surface area contributed by atoms with E-state index < -0.39 is 8.07 Å². The predicted octanol–water partition coefficient (Wildman–Crippen LogP) is 11.2. The molecule has 12 rings (SSSR count). The number of nitrogens with zero attached hydrogens (tertiary/aromatic N) is 2. The van der Waals surface area contributed by atoms with E-state index in [0.717, 1.165) is 27.9 Å². The highest BCUT2D eigenvalue weighted by Crippen LogP contribution is 2.37. The first-order valence-corrected chi connectivity index (χ1v) is 21.9. The molecule has 0 saturated heterocycles. The molecule has 0 aliphatic carbocycles. The van der Waals surface area contributed by atoms with Gasteiger partial charge in [0, 0.05) is 43.7 Å². The molecular weight excluding hydrogens is 721 g/mol. The number of hydrogen-bond donors (Lipinski definition) is 0. The average Bonchev–Trinajstić information content (AvgIpc) is 3.95. The molecule has 0 aliphatic heterocycles. The summed E-state index contributed by atoms with van der Waals surface area (Å²) in [6.45, 7) is 0. The average molecular weight is 757 g/mol. The molecule has 3 nitrogen and oxygen atoms in total. The fourth-order valence-electron chi connectivity index (χ4n) is 9.87. The summed E-state index contributed by atoms with van der Waals surface area (Å²) in [4.78, 5) is 0. The van der Waals surface area contributed by atoms with Crippen molar-refractivity contribution in [3.05, 3.63) is 218 Å². The van der Waals surface area contributed by atoms with Gasteiger partial charge in [-0.2, -0.15) is 0 Å². The van der Waals surface area contributed by atoms with E-state index in [1.807, 2.05) is 0 Å². The van der Waals surface area contributed by atoms with Crippen molar-refractivity contribution in [2.45, 2.75) is 0 Å². The Labute approximate surface area is 336 Å². The second kappa shape index (κ2) is 12.8. The highest BCUT2D eigenvalue weighted by Gasteiger charge is 2.43. The van der Waals surface area contributed by atoms with Gasteiger partial charge in [0.15, 0.2) is 8.07 Å². The van der Waals surface area contributed by atoms with Crippen LogP contribution in [0.15, 0.2) is 223 Å². The van der Waals surface area contributed by atoms with E-state index in [2.05, 4.69) is 228 Å². The lowest BCUT2D eigenvalue weighted by molar-refractivity contribution is 0.669. The van der Waals surface area contributed by atoms with Gasteiger partial charge in [-0.3, -0.25) is 0 Å². The molecular formula is C54H36N2OSi. The Morgan fingerprint density at radius 1 is 0.310 bits per heavy atom. The Bertz CT molecular complexity index is 3470. The third kappa shape index (κ3) is 4.67. The van der Waals surface area contributed by atoms with Crippen molar-refractivity contribution >= 4 is 94.4 Å². The number of aromatic nitrogens is 2. The first-order chi connectivity index (χ1) is 28.8. The van der Waals surface area contributed by atoms with Crippen LogP contribution < -0.4 is 20.7 Å². The van der Waals surface area contributed by atoms with E-state index in [-0.39, 0.29) is 0 Å². The normalized spacial score (nSPS) is 12.1. The Hall–Kier alpha value is -7.40. The van der Waals surface area contributed by atoms with Crippen LogP contribution in [0, 0.1) is 0 Å². The molecule has 0 spiro atoms. The Kier molecular flexibility index (Phi) is 7.25. The van der Waals surface area contributed by atoms with Crippen LogP contribution in [-0.2, 0) is 0 Å². The van der Waals surface area contributed by atoms with E-state index >= 15 is 0 Å². The lowest BCUT2D eigenvalue weighted by atomic mass is 10.1. The molecule has 0 fully saturated rings. The third-order valence-corrected chi connectivity index (χ3v) is 17.1. The second-order valence-corrected chi connectivity index (χ2v) is 19.0. The van der Waals surface area contributed by atoms with Gasteiger partial charge in [-0.1, -0.05) is 158 Å². The summed E-state index contributed by atoms with van der Waals surface area (Å²) in [5, 5.41) is 12.6. The van der Waals surface area contributed by atoms with Crippen molar-refractivity contribution in [2.75, 3.05) is 0 Å². The molecule has 0 saturated carbocycles. The maximum atomic E-state index is 6.58. The summed E-state index contributed by atoms with van der Waals surface area (Å²) in [6, 6.07) is 80.2. The van der Waals surface area contributed by atoms with Crippen molar-refractivity contribution in [1.29, 1.82) is 0 Å². The van der Waals surface area contributed by atoms with Crippen LogP contribution in [0.5, 0.6) is 0 Å². The van der Waals surface area contributed by atoms with Gasteiger partial charge in [0.1, 0.15) is 11.2 Å². The third-order valence-electron chi connectivity index (χ3n) is 12.3. The van der Waals surface area contributed by atoms with Gasteiger partial charge in [-0.15, -0.1) is 0 Å². The highest BCUT2D eigenvalue weighted by atomic mass is 28.3. The van der Waals surface area contributed by atoms with Crippen molar-refractivity contribution in [3.8, 4) is 11.4 Å². The standard InChI is InChI=1S/C54H36N2OSi/c1-4-17-37(18-5-1)55-47-26-13-10-23-42(47)45-35-38(31-33-49(45)55)56-48-27-14-11-24-43(48)46-36-41(32-34-50(46)56)58(39-19-6-2-7-20-39,40-21-8-3-9-22-40)53-30-16-29-52-54(53)44-25-12-15-28-51(44)57-52/h1-36H. The zero-order valence-corrected chi connectivity index (χ0v) is 32.6. The maximum absolute atomic E-state index is 6.58. The van der Waals surface area contributed by atoms with E-state index in [4.69, 9.17) is 4.42 Å². The van der Waals surface area contributed by atoms with Crippen molar-refractivity contribution < 1.29 is 4.42 Å². The van der Waals surface area contributed by atoms with E-state index in [9.17, 15) is 0 Å². The minimum atomic E-state index is -2.99. The molecule has 0 amide bonds. The van der Waals surface area contributed by atoms with Crippen molar-refractivity contribution in [3.63, 3.8) is 0 Å². The summed E-state index contributed by atoms with van der Waals surface area (Å²) >= 11 is 0. The second-order valence-electron chi connectivity index (χ2n) is 15.2. The minimum absolute atomic E-state index is 0.913. The molecule has 3 heterocycles. The number of benzene rings is 9. The summed E-state index contributed by atoms with van der Waals surface area (Å²) in [6.07, 6.45) is 0. The van der Waals surface area contributed by atoms with E-state index in [1.54, 1.807) is 0 Å². The minimum Gasteiger partial charge on any atom is -0.456 e. The Balaban J connectivity index is 1.16. The van der Waals surface area contributed by atoms with Crippen LogP contribution in [0.1, 0.15) is 0 Å². The van der Waals surface area contributed by atoms with Crippen LogP contribution in [0.4, 0.5) is 0 Å². The molecule has 58 heavy (non-hydrogen) atoms. The number of rotatable bonds is 6. The fourth-order valence-corrected chi connectivity index (χ4v) is 14.9. The Morgan fingerprint density at radius 2 is 0.810 bits per heavy atom. The monoisotopic (exact) mass is 756 g/mol. The van der Waals surface area contributed by atoms with Gasteiger partial charge in [0.25, 0.3) is 0 Å². The summed E-state index contributed by atoms with van der Waals surface area (Å²) in [7, 11) is -2.99. The molecule has 0 radical (unpaired) electrons. The van der Waals surface area contributed by atoms with Crippen LogP contribution >= 0.6 is 0 Å². The Morgan fingerprint density at radius 3 is 1.48 bits per heavy atom. The zero-order valence-electron chi connectivity index (χ0n) is 31.6. The molecule has 0 bridgehead atoms. The van der Waals surface area contributed by atoms with Gasteiger partial charge >= 0.3 is 0 Å². The molecule has 3 aromatic heterocycles. The molecule has 12 aromatic rings. The van der Waals surface area contributed by atoms with Crippen LogP contribution in [0.2, 0.25) is 0 Å². The smallest absolute Gasteiger partial charge is 0.180 e. The lowest BCUT2D eigenvalue weighted by Gasteiger charge is -2.35. The molecule has 0 aliphatic rings. The van der Waals surface area contributed by atoms with Gasteiger partial charge < -0.3 is 13.6 Å². The van der Waals surface area contributed by atoms with Crippen LogP contribution in [0.25, 0.3) is 76.9 Å². The zero-order chi connectivity index (χ0) is 38.2. The quantitative estimate of drug-likeness (QED) is 0.122. The molecule has 0 N–H and O–H groups in total. The van der Waals surface area contributed by atoms with Gasteiger partial charge in [0.05, 0.1) is 22.1 Å². The first-order valence-electron chi connectivity index (χ1n) is 19.9. The van der Waals surface area contributed by atoms with Gasteiger partial charge in [0.2, 0.25) is 0 Å².